The van der Waals surface area contributed by atoms with Crippen molar-refractivity contribution in [3.63, 3.8) is 0 Å². The van der Waals surface area contributed by atoms with Crippen molar-refractivity contribution in [2.24, 2.45) is 0 Å². The lowest BCUT2D eigenvalue weighted by molar-refractivity contribution is 0.409. The van der Waals surface area contributed by atoms with E-state index in [1.54, 1.807) is 0 Å². The van der Waals surface area contributed by atoms with Crippen LogP contribution in [0.4, 0.5) is 0 Å². The molecule has 0 unspecified atom stereocenters. The number of benzene rings is 9. The Hall–Kier alpha value is -7.11. The molecule has 0 bridgehead atoms. The van der Waals surface area contributed by atoms with Crippen molar-refractivity contribution in [1.29, 1.82) is 0 Å². The Balaban J connectivity index is 1.24. The minimum absolute atomic E-state index is 0.0713. The van der Waals surface area contributed by atoms with Crippen molar-refractivity contribution in [3.8, 4) is 50.6 Å². The number of aromatic nitrogens is 1. The van der Waals surface area contributed by atoms with Crippen LogP contribution in [0.25, 0.3) is 104 Å². The standard InChI is InChI=1S/C50H34B3NO3/c51-46-45(49(55)50(56)48(53)47(46)52)43-33-18-3-1-16-31(33)41(32-17-2-4-19-34(32)43)27-12-11-13-28(26-27)42-38(24-25-40-44(42)35-20-7-10-23-39(35)57-40)54-36-21-8-5-14-29(36)30-15-6-9-22-37(30)54/h1-26,55-56H,51-53H2. The van der Waals surface area contributed by atoms with Crippen molar-refractivity contribution in [3.05, 3.63) is 158 Å². The molecule has 266 valence electrons. The van der Waals surface area contributed by atoms with E-state index in [1.807, 2.05) is 35.7 Å². The Bertz CT molecular complexity index is 3350. The lowest BCUT2D eigenvalue weighted by Gasteiger charge is -2.22. The summed E-state index contributed by atoms with van der Waals surface area (Å²) in [5, 5.41) is 31.5. The smallest absolute Gasteiger partial charge is 0.164 e. The monoisotopic (exact) mass is 729 g/mol. The quantitative estimate of drug-likeness (QED) is 0.109. The van der Waals surface area contributed by atoms with Crippen molar-refractivity contribution in [1.82, 2.24) is 4.57 Å². The van der Waals surface area contributed by atoms with Crippen LogP contribution in [0.2, 0.25) is 0 Å². The topological polar surface area (TPSA) is 58.5 Å². The van der Waals surface area contributed by atoms with Crippen molar-refractivity contribution < 1.29 is 14.6 Å². The third-order valence-corrected chi connectivity index (χ3v) is 12.3. The molecule has 0 aliphatic heterocycles. The van der Waals surface area contributed by atoms with Crippen LogP contribution in [0.1, 0.15) is 0 Å². The number of nitrogens with zero attached hydrogens (tertiary/aromatic N) is 1. The molecule has 9 aromatic carbocycles. The third kappa shape index (κ3) is 4.72. The van der Waals surface area contributed by atoms with E-state index < -0.39 is 0 Å². The predicted octanol–water partition coefficient (Wildman–Crippen LogP) is 8.18. The normalized spacial score (nSPS) is 11.9. The molecule has 2 N–H and O–H groups in total. The molecule has 0 radical (unpaired) electrons. The van der Waals surface area contributed by atoms with Crippen LogP contribution in [-0.4, -0.2) is 38.3 Å². The van der Waals surface area contributed by atoms with Gasteiger partial charge in [-0.25, -0.2) is 0 Å². The number of phenolic OH excluding ortho intramolecular Hbond substituents is 2. The van der Waals surface area contributed by atoms with Gasteiger partial charge in [0.15, 0.2) is 11.5 Å². The first-order chi connectivity index (χ1) is 27.9. The number of hydrogen-bond acceptors (Lipinski definition) is 3. The van der Waals surface area contributed by atoms with Gasteiger partial charge in [-0.3, -0.25) is 0 Å². The Morgan fingerprint density at radius 2 is 0.895 bits per heavy atom. The summed E-state index contributed by atoms with van der Waals surface area (Å²) in [7, 11) is 5.90. The van der Waals surface area contributed by atoms with E-state index >= 15 is 0 Å². The minimum atomic E-state index is -0.0846. The molecule has 2 aromatic heterocycles. The molecule has 11 rings (SSSR count). The lowest BCUT2D eigenvalue weighted by atomic mass is 9.68. The van der Waals surface area contributed by atoms with Crippen LogP contribution >= 0.6 is 0 Å². The number of phenols is 2. The summed E-state index contributed by atoms with van der Waals surface area (Å²) in [6.07, 6.45) is 0. The van der Waals surface area contributed by atoms with Gasteiger partial charge in [0.05, 0.1) is 16.7 Å². The Morgan fingerprint density at radius 3 is 1.51 bits per heavy atom. The third-order valence-electron chi connectivity index (χ3n) is 12.3. The highest BCUT2D eigenvalue weighted by molar-refractivity contribution is 6.60. The van der Waals surface area contributed by atoms with Crippen LogP contribution in [0.3, 0.4) is 0 Å². The number of fused-ring (bicyclic) bond motifs is 8. The van der Waals surface area contributed by atoms with Gasteiger partial charge in [0.2, 0.25) is 0 Å². The Morgan fingerprint density at radius 1 is 0.386 bits per heavy atom. The van der Waals surface area contributed by atoms with Gasteiger partial charge in [-0.1, -0.05) is 138 Å². The summed E-state index contributed by atoms with van der Waals surface area (Å²) < 4.78 is 8.95. The van der Waals surface area contributed by atoms with Gasteiger partial charge in [-0.05, 0) is 74.6 Å². The number of rotatable bonds is 4. The lowest BCUT2D eigenvalue weighted by Crippen LogP contribution is -2.40. The predicted molar refractivity (Wildman–Crippen MR) is 247 cm³/mol. The van der Waals surface area contributed by atoms with Crippen LogP contribution in [0.15, 0.2) is 162 Å². The molecule has 0 saturated heterocycles. The second-order valence-corrected chi connectivity index (χ2v) is 15.2. The summed E-state index contributed by atoms with van der Waals surface area (Å²) in [6.45, 7) is 0. The van der Waals surface area contributed by atoms with Gasteiger partial charge in [0.25, 0.3) is 0 Å². The molecule has 0 aliphatic rings. The molecule has 2 heterocycles. The maximum Gasteiger partial charge on any atom is 0.164 e. The van der Waals surface area contributed by atoms with E-state index in [0.29, 0.717) is 11.0 Å². The molecule has 4 nitrogen and oxygen atoms in total. The Labute approximate surface area is 331 Å². The molecule has 7 heteroatoms. The molecular weight excluding hydrogens is 695 g/mol. The fraction of sp³-hybridized carbons (Fsp3) is 0. The van der Waals surface area contributed by atoms with Gasteiger partial charge < -0.3 is 19.2 Å². The van der Waals surface area contributed by atoms with E-state index in [9.17, 15) is 10.2 Å². The van der Waals surface area contributed by atoms with Crippen LogP contribution < -0.4 is 16.4 Å². The largest absolute Gasteiger partial charge is 0.505 e. The number of furan rings is 1. The second kappa shape index (κ2) is 12.5. The van der Waals surface area contributed by atoms with E-state index in [1.165, 1.54) is 10.8 Å². The van der Waals surface area contributed by atoms with Crippen molar-refractivity contribution >= 4 is 105 Å². The van der Waals surface area contributed by atoms with Gasteiger partial charge in [0, 0.05) is 38.2 Å². The van der Waals surface area contributed by atoms with Crippen LogP contribution in [0, 0.1) is 0 Å². The highest BCUT2D eigenvalue weighted by atomic mass is 16.3. The molecule has 0 spiro atoms. The van der Waals surface area contributed by atoms with Crippen LogP contribution in [-0.2, 0) is 0 Å². The average Bonchev–Trinajstić information content (AvgIpc) is 3.80. The summed E-state index contributed by atoms with van der Waals surface area (Å²) in [6, 6.07) is 55.7. The SMILES string of the molecule is Bc1c(B)c(O)c(O)c(-c2c3ccccc3c(-c3cccc(-c4c(-n5c6ccccc6c6ccccc65)ccc5oc6ccccc6c45)c3)c3ccccc23)c1B. The average molecular weight is 729 g/mol. The first-order valence-electron chi connectivity index (χ1n) is 19.4. The molecule has 57 heavy (non-hydrogen) atoms. The van der Waals surface area contributed by atoms with Gasteiger partial charge in [-0.2, -0.15) is 0 Å². The molecule has 0 saturated carbocycles. The summed E-state index contributed by atoms with van der Waals surface area (Å²) in [5.41, 5.74) is 13.6. The second-order valence-electron chi connectivity index (χ2n) is 15.2. The molecule has 0 amide bonds. The van der Waals surface area contributed by atoms with E-state index in [2.05, 4.69) is 150 Å². The molecule has 0 atom stereocenters. The zero-order valence-electron chi connectivity index (χ0n) is 31.8. The van der Waals surface area contributed by atoms with E-state index in [-0.39, 0.29) is 11.5 Å². The van der Waals surface area contributed by atoms with Crippen molar-refractivity contribution in [2.45, 2.75) is 0 Å². The zero-order chi connectivity index (χ0) is 38.5. The summed E-state index contributed by atoms with van der Waals surface area (Å²) in [4.78, 5) is 0. The van der Waals surface area contributed by atoms with Gasteiger partial charge in [-0.15, -0.1) is 0 Å². The fourth-order valence-corrected chi connectivity index (χ4v) is 9.43. The maximum atomic E-state index is 11.6. The highest BCUT2D eigenvalue weighted by Crippen LogP contribution is 2.48. The summed E-state index contributed by atoms with van der Waals surface area (Å²) in [5.74, 6) is -0.156. The summed E-state index contributed by atoms with van der Waals surface area (Å²) >= 11 is 0. The number of aromatic hydroxyl groups is 2. The molecule has 0 fully saturated rings. The minimum Gasteiger partial charge on any atom is -0.505 e. The zero-order valence-corrected chi connectivity index (χ0v) is 31.8. The molecule has 11 aromatic rings. The fourth-order valence-electron chi connectivity index (χ4n) is 9.43. The van der Waals surface area contributed by atoms with Crippen molar-refractivity contribution in [2.75, 3.05) is 0 Å². The van der Waals surface area contributed by atoms with E-state index in [0.717, 1.165) is 98.9 Å². The number of para-hydroxylation sites is 3. The highest BCUT2D eigenvalue weighted by Gasteiger charge is 2.25. The first-order valence-corrected chi connectivity index (χ1v) is 19.4. The first kappa shape index (κ1) is 33.3. The maximum absolute atomic E-state index is 11.6. The van der Waals surface area contributed by atoms with Gasteiger partial charge in [0.1, 0.15) is 34.7 Å². The van der Waals surface area contributed by atoms with Gasteiger partial charge >= 0.3 is 0 Å². The number of hydrogen-bond donors (Lipinski definition) is 2. The molecule has 0 aliphatic carbocycles. The molecular formula is C50H34B3NO3. The van der Waals surface area contributed by atoms with Crippen LogP contribution in [0.5, 0.6) is 11.5 Å². The van der Waals surface area contributed by atoms with E-state index in [4.69, 9.17) is 4.42 Å². The Kier molecular flexibility index (Phi) is 7.27.